The van der Waals surface area contributed by atoms with Gasteiger partial charge in [0.1, 0.15) is 12.6 Å². The van der Waals surface area contributed by atoms with Crippen LogP contribution in [-0.2, 0) is 26.2 Å². The van der Waals surface area contributed by atoms with Gasteiger partial charge in [0.15, 0.2) is 0 Å². The molecule has 0 saturated heterocycles. The van der Waals surface area contributed by atoms with Gasteiger partial charge in [-0.2, -0.15) is 0 Å². The third kappa shape index (κ3) is 7.57. The van der Waals surface area contributed by atoms with Crippen LogP contribution in [0.3, 0.4) is 0 Å². The van der Waals surface area contributed by atoms with Crippen molar-refractivity contribution < 1.29 is 18.0 Å². The number of sulfonamides is 1. The summed E-state index contributed by atoms with van der Waals surface area (Å²) in [4.78, 5) is 28.0. The lowest BCUT2D eigenvalue weighted by atomic mass is 10.1. The monoisotopic (exact) mass is 537 g/mol. The molecule has 2 rings (SSSR count). The molecule has 33 heavy (non-hydrogen) atoms. The summed E-state index contributed by atoms with van der Waals surface area (Å²) in [5.74, 6) is -0.707. The molecule has 7 nitrogen and oxygen atoms in total. The zero-order valence-electron chi connectivity index (χ0n) is 19.7. The maximum atomic E-state index is 13.6. The molecule has 1 N–H and O–H groups in total. The van der Waals surface area contributed by atoms with E-state index in [4.69, 9.17) is 0 Å². The Balaban J connectivity index is 2.44. The molecule has 0 aliphatic heterocycles. The van der Waals surface area contributed by atoms with Gasteiger partial charge >= 0.3 is 0 Å². The Kier molecular flexibility index (Phi) is 9.48. The van der Waals surface area contributed by atoms with Crippen LogP contribution in [0.25, 0.3) is 0 Å². The average molecular weight is 539 g/mol. The van der Waals surface area contributed by atoms with Crippen LogP contribution < -0.4 is 9.62 Å². The van der Waals surface area contributed by atoms with Gasteiger partial charge in [0.05, 0.1) is 11.9 Å². The zero-order chi connectivity index (χ0) is 24.8. The summed E-state index contributed by atoms with van der Waals surface area (Å²) in [6.45, 7) is 7.29. The van der Waals surface area contributed by atoms with Crippen molar-refractivity contribution >= 4 is 43.5 Å². The molecule has 0 unspecified atom stereocenters. The van der Waals surface area contributed by atoms with Crippen LogP contribution in [0.2, 0.25) is 0 Å². The highest BCUT2D eigenvalue weighted by Crippen LogP contribution is 2.22. The van der Waals surface area contributed by atoms with Crippen LogP contribution >= 0.6 is 15.9 Å². The van der Waals surface area contributed by atoms with Crippen molar-refractivity contribution in [1.82, 2.24) is 10.2 Å². The number of benzene rings is 2. The van der Waals surface area contributed by atoms with Crippen LogP contribution in [0.1, 0.15) is 38.3 Å². The number of nitrogens with zero attached hydrogens (tertiary/aromatic N) is 2. The van der Waals surface area contributed by atoms with Crippen molar-refractivity contribution in [2.45, 2.75) is 52.7 Å². The molecule has 0 heterocycles. The lowest BCUT2D eigenvalue weighted by Crippen LogP contribution is -2.53. The number of amides is 2. The van der Waals surface area contributed by atoms with Crippen molar-refractivity contribution in [2.75, 3.05) is 17.1 Å². The van der Waals surface area contributed by atoms with E-state index in [1.807, 2.05) is 52.0 Å². The predicted molar refractivity (Wildman–Crippen MR) is 135 cm³/mol. The van der Waals surface area contributed by atoms with E-state index >= 15 is 0 Å². The summed E-state index contributed by atoms with van der Waals surface area (Å²) in [5.41, 5.74) is 2.27. The summed E-state index contributed by atoms with van der Waals surface area (Å²) in [6, 6.07) is 13.5. The standard InChI is InChI=1S/C24H32BrN3O4S/c1-6-22(24(30)26-17(2)3)27(15-19-10-8-7-9-18(19)4)23(29)16-28(33(5,31)32)21-13-11-20(25)12-14-21/h7-14,17,22H,6,15-16H2,1-5H3,(H,26,30)/t22-/m0/s1. The van der Waals surface area contributed by atoms with Crippen molar-refractivity contribution in [3.63, 3.8) is 0 Å². The second-order valence-corrected chi connectivity index (χ2v) is 11.1. The first-order valence-corrected chi connectivity index (χ1v) is 13.5. The number of hydrogen-bond acceptors (Lipinski definition) is 4. The largest absolute Gasteiger partial charge is 0.352 e. The van der Waals surface area contributed by atoms with Crippen LogP contribution in [0, 0.1) is 6.92 Å². The molecule has 0 saturated carbocycles. The van der Waals surface area contributed by atoms with Gasteiger partial charge in [-0.25, -0.2) is 8.42 Å². The Morgan fingerprint density at radius 2 is 1.67 bits per heavy atom. The van der Waals surface area contributed by atoms with Gasteiger partial charge in [-0.15, -0.1) is 0 Å². The number of halogens is 1. The van der Waals surface area contributed by atoms with Gasteiger partial charge in [0.2, 0.25) is 21.8 Å². The fourth-order valence-electron chi connectivity index (χ4n) is 3.49. The molecule has 0 bridgehead atoms. The Bertz CT molecular complexity index is 1070. The molecule has 180 valence electrons. The van der Waals surface area contributed by atoms with Crippen molar-refractivity contribution in [3.05, 3.63) is 64.1 Å². The van der Waals surface area contributed by atoms with E-state index in [0.717, 1.165) is 26.2 Å². The number of anilines is 1. The lowest BCUT2D eigenvalue weighted by molar-refractivity contribution is -0.140. The summed E-state index contributed by atoms with van der Waals surface area (Å²) in [7, 11) is -3.74. The molecule has 0 spiro atoms. The second kappa shape index (κ2) is 11.7. The molecular weight excluding hydrogens is 506 g/mol. The fourth-order valence-corrected chi connectivity index (χ4v) is 4.61. The number of nitrogens with one attached hydrogen (secondary N) is 1. The first-order valence-electron chi connectivity index (χ1n) is 10.8. The Morgan fingerprint density at radius 3 is 2.18 bits per heavy atom. The van der Waals surface area contributed by atoms with Gasteiger partial charge in [-0.1, -0.05) is 47.1 Å². The smallest absolute Gasteiger partial charge is 0.244 e. The van der Waals surface area contributed by atoms with E-state index < -0.39 is 28.5 Å². The summed E-state index contributed by atoms with van der Waals surface area (Å²) < 4.78 is 27.0. The van der Waals surface area contributed by atoms with Crippen LogP contribution in [0.5, 0.6) is 0 Å². The van der Waals surface area contributed by atoms with Crippen LogP contribution in [-0.4, -0.2) is 50.0 Å². The van der Waals surface area contributed by atoms with Gasteiger partial charge in [-0.3, -0.25) is 13.9 Å². The fraction of sp³-hybridized carbons (Fsp3) is 0.417. The first-order chi connectivity index (χ1) is 15.4. The minimum atomic E-state index is -3.74. The maximum absolute atomic E-state index is 13.6. The molecule has 0 aromatic heterocycles. The SMILES string of the molecule is CC[C@@H](C(=O)NC(C)C)N(Cc1ccccc1C)C(=O)CN(c1ccc(Br)cc1)S(C)(=O)=O. The third-order valence-electron chi connectivity index (χ3n) is 5.21. The predicted octanol–water partition coefficient (Wildman–Crippen LogP) is 3.86. The Morgan fingerprint density at radius 1 is 1.06 bits per heavy atom. The number of rotatable bonds is 10. The first kappa shape index (κ1) is 26.9. The normalized spacial score (nSPS) is 12.3. The summed E-state index contributed by atoms with van der Waals surface area (Å²) in [5, 5.41) is 2.88. The topological polar surface area (TPSA) is 86.8 Å². The highest BCUT2D eigenvalue weighted by molar-refractivity contribution is 9.10. The summed E-state index contributed by atoms with van der Waals surface area (Å²) in [6.07, 6.45) is 1.46. The Hall–Kier alpha value is -2.39. The molecular formula is C24H32BrN3O4S. The highest BCUT2D eigenvalue weighted by atomic mass is 79.9. The van der Waals surface area contributed by atoms with Gasteiger partial charge in [-0.05, 0) is 62.6 Å². The van der Waals surface area contributed by atoms with Gasteiger partial charge < -0.3 is 10.2 Å². The molecule has 0 aliphatic carbocycles. The third-order valence-corrected chi connectivity index (χ3v) is 6.88. The average Bonchev–Trinajstić information content (AvgIpc) is 2.72. The molecule has 0 fully saturated rings. The highest BCUT2D eigenvalue weighted by Gasteiger charge is 2.32. The van der Waals surface area contributed by atoms with E-state index in [2.05, 4.69) is 21.2 Å². The molecule has 2 aromatic rings. The van der Waals surface area contributed by atoms with Crippen LogP contribution in [0.15, 0.2) is 53.0 Å². The molecule has 1 atom stereocenters. The number of carbonyl (C=O) groups is 2. The maximum Gasteiger partial charge on any atom is 0.244 e. The van der Waals surface area contributed by atoms with E-state index in [9.17, 15) is 18.0 Å². The van der Waals surface area contributed by atoms with Crippen molar-refractivity contribution in [2.24, 2.45) is 0 Å². The van der Waals surface area contributed by atoms with Crippen molar-refractivity contribution in [1.29, 1.82) is 0 Å². The van der Waals surface area contributed by atoms with Gasteiger partial charge in [0.25, 0.3) is 0 Å². The molecule has 2 aromatic carbocycles. The quantitative estimate of drug-likeness (QED) is 0.498. The lowest BCUT2D eigenvalue weighted by Gasteiger charge is -2.33. The van der Waals surface area contributed by atoms with Gasteiger partial charge in [0, 0.05) is 17.1 Å². The number of aryl methyl sites for hydroxylation is 1. The summed E-state index contributed by atoms with van der Waals surface area (Å²) >= 11 is 3.34. The minimum absolute atomic E-state index is 0.0859. The zero-order valence-corrected chi connectivity index (χ0v) is 22.1. The van der Waals surface area contributed by atoms with E-state index in [1.165, 1.54) is 4.90 Å². The minimum Gasteiger partial charge on any atom is -0.352 e. The van der Waals surface area contributed by atoms with E-state index in [0.29, 0.717) is 12.1 Å². The molecule has 0 radical (unpaired) electrons. The molecule has 9 heteroatoms. The van der Waals surface area contributed by atoms with E-state index in [-0.39, 0.29) is 18.5 Å². The number of hydrogen-bond donors (Lipinski definition) is 1. The van der Waals surface area contributed by atoms with Crippen LogP contribution in [0.4, 0.5) is 5.69 Å². The second-order valence-electron chi connectivity index (χ2n) is 8.28. The van der Waals surface area contributed by atoms with Crippen molar-refractivity contribution in [3.8, 4) is 0 Å². The molecule has 2 amide bonds. The Labute approximate surface area is 205 Å². The molecule has 0 aliphatic rings. The van der Waals surface area contributed by atoms with E-state index in [1.54, 1.807) is 24.3 Å². The number of carbonyl (C=O) groups excluding carboxylic acids is 2.